The van der Waals surface area contributed by atoms with Gasteiger partial charge in [-0.2, -0.15) is 8.78 Å². The Morgan fingerprint density at radius 1 is 1.30 bits per heavy atom. The maximum atomic E-state index is 12.2. The molecule has 1 rings (SSSR count). The number of carbonyl (C=O) groups is 1. The van der Waals surface area contributed by atoms with E-state index in [0.717, 1.165) is 0 Å². The molecule has 0 aliphatic rings. The third kappa shape index (κ3) is 5.97. The zero-order valence-corrected chi connectivity index (χ0v) is 11.6. The third-order valence-electron chi connectivity index (χ3n) is 2.41. The Labute approximate surface area is 117 Å². The topological polar surface area (TPSA) is 47.6 Å². The molecule has 0 saturated carbocycles. The maximum Gasteiger partial charge on any atom is 0.387 e. The van der Waals surface area contributed by atoms with Crippen LogP contribution in [-0.2, 0) is 4.74 Å². The standard InChI is InChI=1S/C14H19F2NO3/c1-10(2)19-9-5-8-17-13(18)11-6-3-4-7-12(11)20-14(15)16/h3-4,6-7,10,14H,5,8-9H2,1-2H3,(H,17,18). The molecule has 0 saturated heterocycles. The lowest BCUT2D eigenvalue weighted by molar-refractivity contribution is -0.0501. The molecule has 1 aromatic rings. The molecule has 0 heterocycles. The van der Waals surface area contributed by atoms with Gasteiger partial charge < -0.3 is 14.8 Å². The molecule has 0 bridgehead atoms. The number of para-hydroxylation sites is 1. The highest BCUT2D eigenvalue weighted by molar-refractivity contribution is 5.96. The predicted molar refractivity (Wildman–Crippen MR) is 71.1 cm³/mol. The number of alkyl halides is 2. The third-order valence-corrected chi connectivity index (χ3v) is 2.41. The fourth-order valence-corrected chi connectivity index (χ4v) is 1.54. The molecule has 1 amide bonds. The van der Waals surface area contributed by atoms with Crippen molar-refractivity contribution >= 4 is 5.91 Å². The molecule has 0 aromatic heterocycles. The molecule has 20 heavy (non-hydrogen) atoms. The summed E-state index contributed by atoms with van der Waals surface area (Å²) >= 11 is 0. The summed E-state index contributed by atoms with van der Waals surface area (Å²) in [5, 5.41) is 2.64. The van der Waals surface area contributed by atoms with Gasteiger partial charge in [0.05, 0.1) is 11.7 Å². The zero-order valence-electron chi connectivity index (χ0n) is 11.6. The number of ether oxygens (including phenoxy) is 2. The molecule has 112 valence electrons. The van der Waals surface area contributed by atoms with Crippen LogP contribution in [0.1, 0.15) is 30.6 Å². The Kier molecular flexibility index (Phi) is 6.93. The van der Waals surface area contributed by atoms with Gasteiger partial charge in [-0.05, 0) is 32.4 Å². The minimum absolute atomic E-state index is 0.0950. The van der Waals surface area contributed by atoms with Crippen LogP contribution in [0.5, 0.6) is 5.75 Å². The molecule has 0 atom stereocenters. The molecule has 0 aliphatic heterocycles. The van der Waals surface area contributed by atoms with Crippen LogP contribution in [-0.4, -0.2) is 31.8 Å². The van der Waals surface area contributed by atoms with E-state index in [4.69, 9.17) is 4.74 Å². The van der Waals surface area contributed by atoms with Gasteiger partial charge in [0.15, 0.2) is 0 Å². The Bertz CT molecular complexity index is 425. The lowest BCUT2D eigenvalue weighted by Crippen LogP contribution is -2.26. The van der Waals surface area contributed by atoms with Crippen molar-refractivity contribution in [3.05, 3.63) is 29.8 Å². The molecular formula is C14H19F2NO3. The van der Waals surface area contributed by atoms with Crippen molar-refractivity contribution in [2.45, 2.75) is 33.0 Å². The normalized spacial score (nSPS) is 10.9. The number of benzene rings is 1. The van der Waals surface area contributed by atoms with E-state index in [0.29, 0.717) is 19.6 Å². The van der Waals surface area contributed by atoms with Gasteiger partial charge in [-0.15, -0.1) is 0 Å². The number of carbonyl (C=O) groups excluding carboxylic acids is 1. The number of amides is 1. The van der Waals surface area contributed by atoms with Crippen LogP contribution in [0.4, 0.5) is 8.78 Å². The van der Waals surface area contributed by atoms with Crippen molar-refractivity contribution in [1.29, 1.82) is 0 Å². The molecule has 1 N–H and O–H groups in total. The summed E-state index contributed by atoms with van der Waals surface area (Å²) in [5.74, 6) is -0.566. The van der Waals surface area contributed by atoms with Gasteiger partial charge in [0.25, 0.3) is 5.91 Å². The largest absolute Gasteiger partial charge is 0.434 e. The Hall–Kier alpha value is -1.69. The lowest BCUT2D eigenvalue weighted by Gasteiger charge is -2.11. The summed E-state index contributed by atoms with van der Waals surface area (Å²) in [7, 11) is 0. The highest BCUT2D eigenvalue weighted by Crippen LogP contribution is 2.19. The first kappa shape index (κ1) is 16.4. The van der Waals surface area contributed by atoms with E-state index < -0.39 is 12.5 Å². The quantitative estimate of drug-likeness (QED) is 0.748. The highest BCUT2D eigenvalue weighted by atomic mass is 19.3. The van der Waals surface area contributed by atoms with Gasteiger partial charge in [0, 0.05) is 13.2 Å². The molecular weight excluding hydrogens is 268 g/mol. The molecule has 0 unspecified atom stereocenters. The SMILES string of the molecule is CC(C)OCCCNC(=O)c1ccccc1OC(F)F. The fourth-order valence-electron chi connectivity index (χ4n) is 1.54. The van der Waals surface area contributed by atoms with Crippen LogP contribution in [0.2, 0.25) is 0 Å². The van der Waals surface area contributed by atoms with Gasteiger partial charge in [-0.1, -0.05) is 12.1 Å². The van der Waals surface area contributed by atoms with E-state index in [-0.39, 0.29) is 17.4 Å². The van der Waals surface area contributed by atoms with Gasteiger partial charge in [0.2, 0.25) is 0 Å². The number of hydrogen-bond donors (Lipinski definition) is 1. The number of nitrogens with one attached hydrogen (secondary N) is 1. The summed E-state index contributed by atoms with van der Waals surface area (Å²) in [6.07, 6.45) is 0.799. The molecule has 1 aromatic carbocycles. The summed E-state index contributed by atoms with van der Waals surface area (Å²) in [5.41, 5.74) is 0.0950. The minimum atomic E-state index is -2.96. The molecule has 0 spiro atoms. The maximum absolute atomic E-state index is 12.2. The van der Waals surface area contributed by atoms with Crippen LogP contribution in [0.25, 0.3) is 0 Å². The van der Waals surface area contributed by atoms with Crippen LogP contribution in [0, 0.1) is 0 Å². The second kappa shape index (κ2) is 8.47. The van der Waals surface area contributed by atoms with Crippen molar-refractivity contribution in [2.24, 2.45) is 0 Å². The monoisotopic (exact) mass is 287 g/mol. The Balaban J connectivity index is 2.47. The first-order valence-electron chi connectivity index (χ1n) is 6.44. The number of rotatable bonds is 8. The van der Waals surface area contributed by atoms with E-state index in [2.05, 4.69) is 10.1 Å². The van der Waals surface area contributed by atoms with E-state index in [1.54, 1.807) is 6.07 Å². The fraction of sp³-hybridized carbons (Fsp3) is 0.500. The summed E-state index contributed by atoms with van der Waals surface area (Å²) in [4.78, 5) is 11.9. The van der Waals surface area contributed by atoms with Gasteiger partial charge in [-0.3, -0.25) is 4.79 Å². The average Bonchev–Trinajstić information content (AvgIpc) is 2.37. The smallest absolute Gasteiger partial charge is 0.387 e. The average molecular weight is 287 g/mol. The predicted octanol–water partition coefficient (Wildman–Crippen LogP) is 2.83. The van der Waals surface area contributed by atoms with E-state index >= 15 is 0 Å². The van der Waals surface area contributed by atoms with E-state index in [1.165, 1.54) is 18.2 Å². The number of halogens is 2. The lowest BCUT2D eigenvalue weighted by atomic mass is 10.2. The van der Waals surface area contributed by atoms with Crippen molar-refractivity contribution in [3.8, 4) is 5.75 Å². The summed E-state index contributed by atoms with van der Waals surface area (Å²) in [6, 6.07) is 5.90. The Morgan fingerprint density at radius 3 is 2.65 bits per heavy atom. The molecule has 0 fully saturated rings. The van der Waals surface area contributed by atoms with Crippen LogP contribution >= 0.6 is 0 Å². The zero-order chi connectivity index (χ0) is 15.0. The van der Waals surface area contributed by atoms with E-state index in [1.807, 2.05) is 13.8 Å². The van der Waals surface area contributed by atoms with Crippen molar-refractivity contribution in [3.63, 3.8) is 0 Å². The first-order valence-corrected chi connectivity index (χ1v) is 6.44. The Morgan fingerprint density at radius 2 is 2.00 bits per heavy atom. The second-order valence-corrected chi connectivity index (χ2v) is 4.40. The highest BCUT2D eigenvalue weighted by Gasteiger charge is 2.14. The van der Waals surface area contributed by atoms with Gasteiger partial charge in [-0.25, -0.2) is 0 Å². The molecule has 4 nitrogen and oxygen atoms in total. The van der Waals surface area contributed by atoms with Crippen molar-refractivity contribution in [2.75, 3.05) is 13.2 Å². The minimum Gasteiger partial charge on any atom is -0.434 e. The van der Waals surface area contributed by atoms with Crippen molar-refractivity contribution in [1.82, 2.24) is 5.32 Å². The molecule has 6 heteroatoms. The van der Waals surface area contributed by atoms with E-state index in [9.17, 15) is 13.6 Å². The van der Waals surface area contributed by atoms with Gasteiger partial charge in [0.1, 0.15) is 5.75 Å². The second-order valence-electron chi connectivity index (χ2n) is 4.40. The van der Waals surface area contributed by atoms with Crippen LogP contribution in [0.3, 0.4) is 0 Å². The molecule has 0 radical (unpaired) electrons. The summed E-state index contributed by atoms with van der Waals surface area (Å²) in [6.45, 7) is 1.85. The van der Waals surface area contributed by atoms with Crippen LogP contribution in [0.15, 0.2) is 24.3 Å². The number of hydrogen-bond acceptors (Lipinski definition) is 3. The molecule has 0 aliphatic carbocycles. The van der Waals surface area contributed by atoms with Gasteiger partial charge >= 0.3 is 6.61 Å². The summed E-state index contributed by atoms with van der Waals surface area (Å²) < 4.78 is 34.1. The van der Waals surface area contributed by atoms with Crippen LogP contribution < -0.4 is 10.1 Å². The first-order chi connectivity index (χ1) is 9.50. The van der Waals surface area contributed by atoms with Crippen molar-refractivity contribution < 1.29 is 23.0 Å².